The second-order valence-electron chi connectivity index (χ2n) is 9.08. The minimum Gasteiger partial charge on any atom is -0.507 e. The van der Waals surface area contributed by atoms with Crippen molar-refractivity contribution in [3.05, 3.63) is 117 Å². The number of aliphatic hydroxyl groups excluding tert-OH is 1. The predicted octanol–water partition coefficient (Wildman–Crippen LogP) is 7.64. The van der Waals surface area contributed by atoms with Gasteiger partial charge in [0.1, 0.15) is 18.1 Å². The number of amides is 1. The number of carbonyl (C=O) groups excluding carboxylic acids is 2. The molecule has 11 heteroatoms. The molecule has 41 heavy (non-hydrogen) atoms. The van der Waals surface area contributed by atoms with Gasteiger partial charge in [0.25, 0.3) is 5.78 Å². The first kappa shape index (κ1) is 28.9. The summed E-state index contributed by atoms with van der Waals surface area (Å²) in [5.74, 6) is -0.771. The third kappa shape index (κ3) is 6.18. The van der Waals surface area contributed by atoms with Crippen LogP contribution in [0.1, 0.15) is 28.3 Å². The third-order valence-electron chi connectivity index (χ3n) is 6.30. The number of halogens is 2. The smallest absolute Gasteiger partial charge is 0.301 e. The number of ketones is 1. The van der Waals surface area contributed by atoms with Gasteiger partial charge in [-0.2, -0.15) is 0 Å². The summed E-state index contributed by atoms with van der Waals surface area (Å²) < 4.78 is 6.18. The Morgan fingerprint density at radius 3 is 2.51 bits per heavy atom. The number of rotatable bonds is 9. The zero-order chi connectivity index (χ0) is 29.1. The normalized spacial score (nSPS) is 16.3. The summed E-state index contributed by atoms with van der Waals surface area (Å²) in [7, 11) is 0. The summed E-state index contributed by atoms with van der Waals surface area (Å²) in [6, 6.07) is 18.4. The van der Waals surface area contributed by atoms with Crippen molar-refractivity contribution in [1.82, 2.24) is 10.2 Å². The Labute approximate surface area is 255 Å². The molecule has 208 valence electrons. The van der Waals surface area contributed by atoms with Crippen LogP contribution in [0.5, 0.6) is 5.75 Å². The molecule has 3 aromatic carbocycles. The number of aliphatic hydroxyl groups is 1. The predicted molar refractivity (Wildman–Crippen MR) is 164 cm³/mol. The van der Waals surface area contributed by atoms with Crippen LogP contribution in [0.15, 0.2) is 89.3 Å². The van der Waals surface area contributed by atoms with Crippen LogP contribution < -0.4 is 9.64 Å². The number of aryl methyl sites for hydroxylation is 1. The zero-order valence-electron chi connectivity index (χ0n) is 21.7. The van der Waals surface area contributed by atoms with Crippen LogP contribution in [-0.2, 0) is 15.3 Å². The molecule has 1 aromatic heterocycles. The van der Waals surface area contributed by atoms with E-state index in [1.54, 1.807) is 54.6 Å². The van der Waals surface area contributed by atoms with E-state index in [0.717, 1.165) is 11.1 Å². The second-order valence-corrected chi connectivity index (χ2v) is 12.1. The van der Waals surface area contributed by atoms with E-state index >= 15 is 0 Å². The molecule has 1 aliphatic rings. The Balaban J connectivity index is 1.52. The average molecular weight is 625 g/mol. The number of nitrogens with zero attached hydrogens (tertiary/aromatic N) is 3. The monoisotopic (exact) mass is 623 g/mol. The first-order valence-electron chi connectivity index (χ1n) is 12.4. The maximum absolute atomic E-state index is 13.5. The Hall–Kier alpha value is -3.63. The van der Waals surface area contributed by atoms with E-state index in [-0.39, 0.29) is 16.5 Å². The molecule has 1 aliphatic heterocycles. The molecule has 0 spiro atoms. The van der Waals surface area contributed by atoms with E-state index in [4.69, 9.17) is 27.9 Å². The van der Waals surface area contributed by atoms with Gasteiger partial charge in [-0.3, -0.25) is 14.5 Å². The summed E-state index contributed by atoms with van der Waals surface area (Å²) in [6.07, 6.45) is 1.64. The van der Waals surface area contributed by atoms with Gasteiger partial charge in [-0.1, -0.05) is 107 Å². The number of hydrogen-bond donors (Lipinski definition) is 1. The molecule has 4 aromatic rings. The molecule has 1 unspecified atom stereocenters. The molecule has 1 saturated heterocycles. The Bertz CT molecular complexity index is 1650. The van der Waals surface area contributed by atoms with Gasteiger partial charge in [0, 0.05) is 21.4 Å². The second kappa shape index (κ2) is 12.5. The van der Waals surface area contributed by atoms with Crippen LogP contribution in [-0.4, -0.2) is 33.6 Å². The van der Waals surface area contributed by atoms with Crippen LogP contribution in [0.3, 0.4) is 0 Å². The number of aromatic nitrogens is 2. The van der Waals surface area contributed by atoms with Crippen molar-refractivity contribution < 1.29 is 19.4 Å². The van der Waals surface area contributed by atoms with Crippen molar-refractivity contribution >= 4 is 68.9 Å². The third-order valence-corrected chi connectivity index (χ3v) is 8.99. The molecular formula is C30H23Cl2N3O4S2. The largest absolute Gasteiger partial charge is 0.507 e. The van der Waals surface area contributed by atoms with Crippen molar-refractivity contribution in [2.45, 2.75) is 23.1 Å². The Morgan fingerprint density at radius 2 is 1.83 bits per heavy atom. The molecule has 0 bridgehead atoms. The van der Waals surface area contributed by atoms with Gasteiger partial charge in [0.2, 0.25) is 5.13 Å². The van der Waals surface area contributed by atoms with Crippen molar-refractivity contribution in [2.24, 2.45) is 0 Å². The molecule has 0 radical (unpaired) electrons. The highest BCUT2D eigenvalue weighted by Gasteiger charge is 2.48. The van der Waals surface area contributed by atoms with Crippen LogP contribution >= 0.6 is 46.3 Å². The number of anilines is 1. The Kier molecular flexibility index (Phi) is 8.79. The van der Waals surface area contributed by atoms with Gasteiger partial charge < -0.3 is 9.84 Å². The Morgan fingerprint density at radius 1 is 1.10 bits per heavy atom. The van der Waals surface area contributed by atoms with Crippen LogP contribution in [0.25, 0.3) is 5.76 Å². The molecule has 7 nitrogen and oxygen atoms in total. The van der Waals surface area contributed by atoms with Gasteiger partial charge in [-0.05, 0) is 42.3 Å². The minimum atomic E-state index is -0.929. The van der Waals surface area contributed by atoms with E-state index in [9.17, 15) is 14.7 Å². The number of Topliss-reactive ketones (excluding diaryl/α,β-unsaturated/α-hetero) is 1. The van der Waals surface area contributed by atoms with Gasteiger partial charge in [0.15, 0.2) is 4.34 Å². The fourth-order valence-corrected chi connectivity index (χ4v) is 6.68. The zero-order valence-corrected chi connectivity index (χ0v) is 24.9. The van der Waals surface area contributed by atoms with Gasteiger partial charge in [0.05, 0.1) is 11.6 Å². The molecule has 2 heterocycles. The van der Waals surface area contributed by atoms with Crippen LogP contribution in [0.4, 0.5) is 5.13 Å². The maximum Gasteiger partial charge on any atom is 0.301 e. The van der Waals surface area contributed by atoms with E-state index in [1.807, 2.05) is 25.1 Å². The maximum atomic E-state index is 13.5. The van der Waals surface area contributed by atoms with Gasteiger partial charge in [-0.25, -0.2) is 0 Å². The lowest BCUT2D eigenvalue weighted by Gasteiger charge is -2.22. The highest BCUT2D eigenvalue weighted by atomic mass is 35.5. The first-order valence-corrected chi connectivity index (χ1v) is 14.9. The van der Waals surface area contributed by atoms with Crippen molar-refractivity contribution in [3.63, 3.8) is 0 Å². The van der Waals surface area contributed by atoms with Crippen LogP contribution in [0.2, 0.25) is 10.0 Å². The summed E-state index contributed by atoms with van der Waals surface area (Å²) in [6.45, 7) is 5.91. The van der Waals surface area contributed by atoms with E-state index in [2.05, 4.69) is 16.8 Å². The molecule has 0 aliphatic carbocycles. The van der Waals surface area contributed by atoms with Crippen molar-refractivity contribution in [1.29, 1.82) is 0 Å². The van der Waals surface area contributed by atoms with Crippen LogP contribution in [0, 0.1) is 6.92 Å². The number of carbonyl (C=O) groups is 2. The van der Waals surface area contributed by atoms with Crippen molar-refractivity contribution in [2.75, 3.05) is 11.5 Å². The molecule has 1 atom stereocenters. The van der Waals surface area contributed by atoms with Gasteiger partial charge in [-0.15, -0.1) is 10.2 Å². The first-order chi connectivity index (χ1) is 19.8. The van der Waals surface area contributed by atoms with E-state index in [0.29, 0.717) is 43.6 Å². The van der Waals surface area contributed by atoms with Crippen molar-refractivity contribution in [3.8, 4) is 5.75 Å². The van der Waals surface area contributed by atoms with E-state index in [1.165, 1.54) is 28.0 Å². The summed E-state index contributed by atoms with van der Waals surface area (Å²) in [5, 5.41) is 21.1. The fraction of sp³-hybridized carbons (Fsp3) is 0.133. The molecule has 1 fully saturated rings. The van der Waals surface area contributed by atoms with E-state index < -0.39 is 17.7 Å². The summed E-state index contributed by atoms with van der Waals surface area (Å²) in [4.78, 5) is 28.2. The molecular weight excluding hydrogens is 601 g/mol. The lowest BCUT2D eigenvalue weighted by atomic mass is 9.95. The summed E-state index contributed by atoms with van der Waals surface area (Å²) >= 11 is 14.9. The topological polar surface area (TPSA) is 92.6 Å². The number of benzene rings is 3. The quantitative estimate of drug-likeness (QED) is 0.0511. The number of ether oxygens (including phenoxy) is 1. The summed E-state index contributed by atoms with van der Waals surface area (Å²) in [5.41, 5.74) is 2.86. The highest BCUT2D eigenvalue weighted by molar-refractivity contribution is 8.00. The molecule has 1 amide bonds. The molecule has 5 rings (SSSR count). The number of thioether (sulfide) groups is 1. The van der Waals surface area contributed by atoms with Gasteiger partial charge >= 0.3 is 5.91 Å². The highest BCUT2D eigenvalue weighted by Crippen LogP contribution is 2.44. The fourth-order valence-electron chi connectivity index (χ4n) is 4.25. The molecule has 0 saturated carbocycles. The number of hydrogen-bond acceptors (Lipinski definition) is 8. The average Bonchev–Trinajstić information content (AvgIpc) is 3.53. The lowest BCUT2D eigenvalue weighted by Crippen LogP contribution is -2.29. The lowest BCUT2D eigenvalue weighted by molar-refractivity contribution is -0.132. The SMILES string of the molecule is C=CCOc1ccc(C2/C(=C(/O)c3ccc(C)cc3)C(=O)C(=O)N2c2nnc(SCc3ccc(Cl)cc3Cl)s2)cc1. The minimum absolute atomic E-state index is 0.0315. The standard InChI is InChI=1S/C30H23Cl2N3O4S2/c1-3-14-39-22-12-9-18(10-13-22)25-24(26(36)19-6-4-17(2)5-7-19)27(37)28(38)35(25)29-33-34-30(41-29)40-16-20-8-11-21(31)15-23(20)32/h3-13,15,25,36H,1,14,16H2,2H3/b26-24-. The molecule has 1 N–H and O–H groups in total.